The summed E-state index contributed by atoms with van der Waals surface area (Å²) in [5, 5.41) is 3.47. The highest BCUT2D eigenvalue weighted by Gasteiger charge is 2.24. The number of para-hydroxylation sites is 1. The Kier molecular flexibility index (Phi) is 5.59. The van der Waals surface area contributed by atoms with Crippen LogP contribution in [0.4, 0.5) is 0 Å². The zero-order valence-electron chi connectivity index (χ0n) is 16.1. The number of ether oxygens (including phenoxy) is 1. The summed E-state index contributed by atoms with van der Waals surface area (Å²) in [4.78, 5) is 25.7. The lowest BCUT2D eigenvalue weighted by Crippen LogP contribution is -2.36. The third-order valence-corrected chi connectivity index (χ3v) is 4.89. The molecule has 0 radical (unpaired) electrons. The smallest absolute Gasteiger partial charge is 0.261 e. The van der Waals surface area contributed by atoms with Gasteiger partial charge in [0.1, 0.15) is 11.3 Å². The summed E-state index contributed by atoms with van der Waals surface area (Å²) in [6.45, 7) is 1.77. The molecule has 0 saturated heterocycles. The molecule has 6 nitrogen and oxygen atoms in total. The van der Waals surface area contributed by atoms with Crippen LogP contribution in [-0.2, 0) is 11.3 Å². The van der Waals surface area contributed by atoms with E-state index in [0.717, 1.165) is 0 Å². The van der Waals surface area contributed by atoms with Crippen LogP contribution in [-0.4, -0.2) is 12.0 Å². The minimum atomic E-state index is -0.953. The first-order chi connectivity index (χ1) is 14.5. The number of benzene rings is 2. The van der Waals surface area contributed by atoms with Gasteiger partial charge in [-0.25, -0.2) is 0 Å². The number of hydrogen-bond acceptors (Lipinski definition) is 5. The second kappa shape index (κ2) is 8.47. The van der Waals surface area contributed by atoms with Crippen molar-refractivity contribution >= 4 is 28.5 Å². The highest BCUT2D eigenvalue weighted by molar-refractivity contribution is 6.33. The van der Waals surface area contributed by atoms with Gasteiger partial charge in [-0.1, -0.05) is 35.9 Å². The van der Waals surface area contributed by atoms with Crippen molar-refractivity contribution in [3.63, 3.8) is 0 Å². The average Bonchev–Trinajstić information content (AvgIpc) is 3.28. The van der Waals surface area contributed by atoms with Crippen molar-refractivity contribution in [3.8, 4) is 17.1 Å². The largest absolute Gasteiger partial charge is 0.473 e. The van der Waals surface area contributed by atoms with E-state index in [2.05, 4.69) is 5.32 Å². The summed E-state index contributed by atoms with van der Waals surface area (Å²) >= 11 is 6.33. The number of nitrogens with one attached hydrogen (secondary N) is 1. The molecular formula is C23H18ClNO5. The standard InChI is InChI=1S/C23H18ClNO5/c1-14(23(27)25-13-15-7-6-12-28-15)29-22-20(26)17-9-3-5-11-19(17)30-21(22)16-8-2-4-10-18(16)24/h2-12,14H,13H2,1H3,(H,25,27). The van der Waals surface area contributed by atoms with Crippen molar-refractivity contribution in [2.45, 2.75) is 19.6 Å². The summed E-state index contributed by atoms with van der Waals surface area (Å²) in [5.41, 5.74) is 0.525. The minimum Gasteiger partial charge on any atom is -0.473 e. The van der Waals surface area contributed by atoms with E-state index in [0.29, 0.717) is 27.3 Å². The van der Waals surface area contributed by atoms with Crippen LogP contribution in [0.25, 0.3) is 22.3 Å². The van der Waals surface area contributed by atoms with Gasteiger partial charge >= 0.3 is 0 Å². The molecule has 0 aliphatic rings. The molecule has 2 aromatic carbocycles. The van der Waals surface area contributed by atoms with Crippen molar-refractivity contribution in [3.05, 3.63) is 87.9 Å². The summed E-state index contributed by atoms with van der Waals surface area (Å²) in [6.07, 6.45) is 0.572. The number of amides is 1. The molecule has 7 heteroatoms. The zero-order valence-corrected chi connectivity index (χ0v) is 16.8. The van der Waals surface area contributed by atoms with E-state index in [1.807, 2.05) is 0 Å². The van der Waals surface area contributed by atoms with Crippen molar-refractivity contribution in [1.82, 2.24) is 5.32 Å². The molecule has 1 amide bonds. The molecule has 0 aliphatic carbocycles. The Labute approximate surface area is 177 Å². The van der Waals surface area contributed by atoms with Crippen LogP contribution in [0.15, 0.2) is 80.6 Å². The second-order valence-corrected chi connectivity index (χ2v) is 7.03. The fraction of sp³-hybridized carbons (Fsp3) is 0.130. The Hall–Kier alpha value is -3.51. The van der Waals surface area contributed by atoms with E-state index >= 15 is 0 Å². The molecule has 1 N–H and O–H groups in total. The lowest BCUT2D eigenvalue weighted by atomic mass is 10.1. The molecule has 4 aromatic rings. The number of carbonyl (C=O) groups is 1. The number of hydrogen-bond donors (Lipinski definition) is 1. The number of halogens is 1. The zero-order chi connectivity index (χ0) is 21.1. The molecule has 0 aliphatic heterocycles. The second-order valence-electron chi connectivity index (χ2n) is 6.62. The lowest BCUT2D eigenvalue weighted by molar-refractivity contribution is -0.127. The maximum atomic E-state index is 13.2. The molecule has 2 aromatic heterocycles. The van der Waals surface area contributed by atoms with Gasteiger partial charge in [-0.15, -0.1) is 0 Å². The van der Waals surface area contributed by atoms with E-state index in [1.165, 1.54) is 6.26 Å². The van der Waals surface area contributed by atoms with Gasteiger partial charge in [-0.2, -0.15) is 0 Å². The third-order valence-electron chi connectivity index (χ3n) is 4.56. The first-order valence-electron chi connectivity index (χ1n) is 9.32. The number of fused-ring (bicyclic) bond motifs is 1. The number of carbonyl (C=O) groups excluding carboxylic acids is 1. The Balaban J connectivity index is 1.70. The predicted octanol–water partition coefficient (Wildman–Crippen LogP) is 4.79. The van der Waals surface area contributed by atoms with Gasteiger partial charge in [0.05, 0.1) is 23.2 Å². The normalized spacial score (nSPS) is 11.9. The van der Waals surface area contributed by atoms with Gasteiger partial charge in [0.2, 0.25) is 11.2 Å². The van der Waals surface area contributed by atoms with Crippen LogP contribution in [0.1, 0.15) is 12.7 Å². The molecular weight excluding hydrogens is 406 g/mol. The maximum absolute atomic E-state index is 13.2. The van der Waals surface area contributed by atoms with Gasteiger partial charge in [0, 0.05) is 5.56 Å². The molecule has 0 fully saturated rings. The fourth-order valence-electron chi connectivity index (χ4n) is 3.02. The SMILES string of the molecule is CC(Oc1c(-c2ccccc2Cl)oc2ccccc2c1=O)C(=O)NCc1ccco1. The maximum Gasteiger partial charge on any atom is 0.261 e. The van der Waals surface area contributed by atoms with E-state index < -0.39 is 12.0 Å². The van der Waals surface area contributed by atoms with Gasteiger partial charge in [0.25, 0.3) is 5.91 Å². The van der Waals surface area contributed by atoms with E-state index in [9.17, 15) is 9.59 Å². The molecule has 2 heterocycles. The summed E-state index contributed by atoms with van der Waals surface area (Å²) in [5.74, 6) is 0.319. The van der Waals surface area contributed by atoms with E-state index in [1.54, 1.807) is 67.6 Å². The molecule has 1 unspecified atom stereocenters. The van der Waals surface area contributed by atoms with Crippen LogP contribution < -0.4 is 15.5 Å². The molecule has 0 spiro atoms. The van der Waals surface area contributed by atoms with Crippen LogP contribution in [0.3, 0.4) is 0 Å². The van der Waals surface area contributed by atoms with Gasteiger partial charge < -0.3 is 18.9 Å². The highest BCUT2D eigenvalue weighted by Crippen LogP contribution is 2.35. The van der Waals surface area contributed by atoms with Crippen molar-refractivity contribution in [2.24, 2.45) is 0 Å². The molecule has 152 valence electrons. The van der Waals surface area contributed by atoms with Crippen LogP contribution >= 0.6 is 11.6 Å². The van der Waals surface area contributed by atoms with E-state index in [-0.39, 0.29) is 23.5 Å². The fourth-order valence-corrected chi connectivity index (χ4v) is 3.24. The van der Waals surface area contributed by atoms with Gasteiger partial charge in [-0.05, 0) is 43.3 Å². The molecule has 1 atom stereocenters. The van der Waals surface area contributed by atoms with Crippen LogP contribution in [0.2, 0.25) is 5.02 Å². The first-order valence-corrected chi connectivity index (χ1v) is 9.70. The Morgan fingerprint density at radius 3 is 2.63 bits per heavy atom. The Morgan fingerprint density at radius 2 is 1.87 bits per heavy atom. The van der Waals surface area contributed by atoms with Crippen molar-refractivity contribution < 1.29 is 18.4 Å². The number of rotatable bonds is 6. The van der Waals surface area contributed by atoms with Crippen LogP contribution in [0.5, 0.6) is 5.75 Å². The quantitative estimate of drug-likeness (QED) is 0.482. The third kappa shape index (κ3) is 3.95. The molecule has 30 heavy (non-hydrogen) atoms. The monoisotopic (exact) mass is 423 g/mol. The first kappa shape index (κ1) is 19.8. The topological polar surface area (TPSA) is 81.7 Å². The summed E-state index contributed by atoms with van der Waals surface area (Å²) < 4.78 is 17.0. The van der Waals surface area contributed by atoms with Crippen molar-refractivity contribution in [1.29, 1.82) is 0 Å². The highest BCUT2D eigenvalue weighted by atomic mass is 35.5. The Bertz CT molecular complexity index is 1250. The van der Waals surface area contributed by atoms with Gasteiger partial charge in [-0.3, -0.25) is 9.59 Å². The lowest BCUT2D eigenvalue weighted by Gasteiger charge is -2.17. The van der Waals surface area contributed by atoms with Crippen LogP contribution in [0, 0.1) is 0 Å². The summed E-state index contributed by atoms with van der Waals surface area (Å²) in [7, 11) is 0. The predicted molar refractivity (Wildman–Crippen MR) is 114 cm³/mol. The summed E-state index contributed by atoms with van der Waals surface area (Å²) in [6, 6.07) is 17.3. The number of furan rings is 1. The molecule has 4 rings (SSSR count). The molecule has 0 bridgehead atoms. The average molecular weight is 424 g/mol. The molecule has 0 saturated carbocycles. The van der Waals surface area contributed by atoms with Gasteiger partial charge in [0.15, 0.2) is 11.9 Å². The van der Waals surface area contributed by atoms with E-state index in [4.69, 9.17) is 25.2 Å². The van der Waals surface area contributed by atoms with Crippen molar-refractivity contribution in [2.75, 3.05) is 0 Å². The minimum absolute atomic E-state index is 0.0672. The Morgan fingerprint density at radius 1 is 1.10 bits per heavy atom.